The van der Waals surface area contributed by atoms with E-state index in [1.165, 1.54) is 36.3 Å². The molecule has 2 aliphatic heterocycles. The maximum Gasteiger partial charge on any atom is 0.472 e. The van der Waals surface area contributed by atoms with Crippen LogP contribution in [0.5, 0.6) is 0 Å². The third kappa shape index (κ3) is 9.96. The fourth-order valence-corrected chi connectivity index (χ4v) is 7.05. The van der Waals surface area contributed by atoms with Gasteiger partial charge in [0.2, 0.25) is 5.91 Å². The van der Waals surface area contributed by atoms with Crippen molar-refractivity contribution < 1.29 is 71.4 Å². The molecule has 5 rings (SSSR count). The summed E-state index contributed by atoms with van der Waals surface area (Å²) in [4.78, 5) is 84.3. The minimum atomic E-state index is -5.22. The summed E-state index contributed by atoms with van der Waals surface area (Å²) < 4.78 is 59.2. The molecule has 302 valence electrons. The van der Waals surface area contributed by atoms with Gasteiger partial charge < -0.3 is 55.5 Å². The van der Waals surface area contributed by atoms with Gasteiger partial charge in [0.1, 0.15) is 48.3 Å². The molecule has 27 heteroatoms. The maximum absolute atomic E-state index is 13.4. The fraction of sp³-hybridized carbons (Fsp3) is 0.536. The second-order valence-electron chi connectivity index (χ2n) is 12.2. The molecule has 2 fully saturated rings. The van der Waals surface area contributed by atoms with Gasteiger partial charge in [-0.15, -0.1) is 6.58 Å². The monoisotopic (exact) mass is 819 g/mol. The third-order valence-electron chi connectivity index (χ3n) is 8.51. The molecule has 3 aromatic heterocycles. The molecule has 0 bridgehead atoms. The molecule has 2 saturated heterocycles. The zero-order valence-electron chi connectivity index (χ0n) is 28.9. The number of nitrogens with two attached hydrogens (primary N) is 2. The SMILES string of the molecule is C=CCCC(=O)N(C)[C@H](CO)C(=O)OC1C(COP(=O)(O)O[C@H]2C[C@H](n3ccc(N)nc3=O)O[C@@H]2COP(=O)(O)O)OC(n2cnc3c(N)ncnc32)C1O. The van der Waals surface area contributed by atoms with E-state index in [0.29, 0.717) is 0 Å². The lowest BCUT2D eigenvalue weighted by molar-refractivity contribution is -0.166. The summed E-state index contributed by atoms with van der Waals surface area (Å²) in [6.07, 6.45) is -5.66. The van der Waals surface area contributed by atoms with E-state index in [9.17, 15) is 48.4 Å². The number of amides is 1. The molecule has 3 aromatic rings. The van der Waals surface area contributed by atoms with Crippen LogP contribution in [0, 0.1) is 0 Å². The number of anilines is 2. The van der Waals surface area contributed by atoms with Crippen molar-refractivity contribution in [1.82, 2.24) is 34.0 Å². The normalized spacial score (nSPS) is 25.7. The summed E-state index contributed by atoms with van der Waals surface area (Å²) in [6.45, 7) is 0.898. The molecule has 25 nitrogen and oxygen atoms in total. The number of nitrogen functional groups attached to an aromatic ring is 2. The van der Waals surface area contributed by atoms with Crippen LogP contribution in [-0.2, 0) is 46.5 Å². The van der Waals surface area contributed by atoms with E-state index >= 15 is 0 Å². The number of aromatic nitrogens is 6. The first-order valence-corrected chi connectivity index (χ1v) is 19.3. The number of rotatable bonds is 17. The zero-order chi connectivity index (χ0) is 40.2. The van der Waals surface area contributed by atoms with E-state index in [1.54, 1.807) is 0 Å². The zero-order valence-corrected chi connectivity index (χ0v) is 30.7. The largest absolute Gasteiger partial charge is 0.472 e. The number of hydrogen-bond donors (Lipinski definition) is 7. The second-order valence-corrected chi connectivity index (χ2v) is 14.8. The van der Waals surface area contributed by atoms with Crippen LogP contribution in [0.1, 0.15) is 31.7 Å². The number of carbonyl (C=O) groups excluding carboxylic acids is 2. The van der Waals surface area contributed by atoms with Crippen LogP contribution >= 0.6 is 15.6 Å². The Bertz CT molecular complexity index is 2030. The lowest BCUT2D eigenvalue weighted by Crippen LogP contribution is -2.49. The summed E-state index contributed by atoms with van der Waals surface area (Å²) in [5, 5.41) is 21.5. The van der Waals surface area contributed by atoms with Crippen molar-refractivity contribution in [2.24, 2.45) is 0 Å². The van der Waals surface area contributed by atoms with E-state index < -0.39 is 102 Å². The Kier molecular flexibility index (Phi) is 13.2. The highest BCUT2D eigenvalue weighted by Gasteiger charge is 2.50. The first-order chi connectivity index (χ1) is 25.9. The van der Waals surface area contributed by atoms with Crippen molar-refractivity contribution in [2.75, 3.05) is 38.3 Å². The lowest BCUT2D eigenvalue weighted by atomic mass is 10.1. The van der Waals surface area contributed by atoms with E-state index in [4.69, 9.17) is 34.7 Å². The topological polar surface area (TPSA) is 359 Å². The van der Waals surface area contributed by atoms with Crippen molar-refractivity contribution in [3.63, 3.8) is 0 Å². The van der Waals surface area contributed by atoms with Crippen molar-refractivity contribution in [2.45, 2.75) is 68.3 Å². The van der Waals surface area contributed by atoms with E-state index in [0.717, 1.165) is 15.8 Å². The number of nitrogens with zero attached hydrogens (tertiary/aromatic N) is 7. The highest BCUT2D eigenvalue weighted by atomic mass is 31.2. The number of imidazole rings is 1. The van der Waals surface area contributed by atoms with Gasteiger partial charge >= 0.3 is 27.3 Å². The average molecular weight is 820 g/mol. The summed E-state index contributed by atoms with van der Waals surface area (Å²) >= 11 is 0. The predicted molar refractivity (Wildman–Crippen MR) is 183 cm³/mol. The Morgan fingerprint density at radius 1 is 1.13 bits per heavy atom. The van der Waals surface area contributed by atoms with Crippen LogP contribution in [0.2, 0.25) is 0 Å². The molecule has 1 amide bonds. The minimum Gasteiger partial charge on any atom is -0.455 e. The van der Waals surface area contributed by atoms with Crippen molar-refractivity contribution >= 4 is 50.3 Å². The van der Waals surface area contributed by atoms with Gasteiger partial charge in [-0.05, 0) is 12.5 Å². The molecule has 9 atom stereocenters. The number of aliphatic hydroxyl groups excluding tert-OH is 2. The molecule has 0 spiro atoms. The van der Waals surface area contributed by atoms with Crippen LogP contribution < -0.4 is 17.2 Å². The van der Waals surface area contributed by atoms with Gasteiger partial charge in [0.25, 0.3) is 0 Å². The average Bonchev–Trinajstić information content (AvgIpc) is 3.81. The molecule has 2 aliphatic rings. The Morgan fingerprint density at radius 3 is 2.53 bits per heavy atom. The Labute approximate surface area is 310 Å². The Hall–Kier alpha value is -4.23. The number of esters is 1. The summed E-state index contributed by atoms with van der Waals surface area (Å²) in [6, 6.07) is -0.270. The second kappa shape index (κ2) is 17.3. The first kappa shape index (κ1) is 41.9. The van der Waals surface area contributed by atoms with Crippen LogP contribution in [0.3, 0.4) is 0 Å². The minimum absolute atomic E-state index is 0.00688. The lowest BCUT2D eigenvalue weighted by Gasteiger charge is -2.28. The summed E-state index contributed by atoms with van der Waals surface area (Å²) in [5.41, 5.74) is 10.8. The van der Waals surface area contributed by atoms with Crippen LogP contribution in [0.15, 0.2) is 42.4 Å². The van der Waals surface area contributed by atoms with E-state index in [-0.39, 0.29) is 42.1 Å². The number of phosphoric ester groups is 2. The predicted octanol–water partition coefficient (Wildman–Crippen LogP) is -1.90. The molecule has 0 radical (unpaired) electrons. The number of fused-ring (bicyclic) bond motifs is 1. The summed E-state index contributed by atoms with van der Waals surface area (Å²) in [7, 11) is -9.02. The number of phosphoric acid groups is 2. The van der Waals surface area contributed by atoms with Gasteiger partial charge in [-0.2, -0.15) is 4.98 Å². The van der Waals surface area contributed by atoms with Crippen LogP contribution in [-0.4, -0.2) is 134 Å². The molecular weight excluding hydrogens is 780 g/mol. The van der Waals surface area contributed by atoms with Crippen LogP contribution in [0.4, 0.5) is 11.6 Å². The quantitative estimate of drug-likeness (QED) is 0.0444. The third-order valence-corrected chi connectivity index (χ3v) is 10.0. The molecule has 0 saturated carbocycles. The molecule has 0 aromatic carbocycles. The molecule has 5 unspecified atom stereocenters. The number of carbonyl (C=O) groups is 2. The molecule has 0 aliphatic carbocycles. The van der Waals surface area contributed by atoms with Crippen molar-refractivity contribution in [3.05, 3.63) is 48.1 Å². The number of allylic oxidation sites excluding steroid dienone is 1. The van der Waals surface area contributed by atoms with Gasteiger partial charge in [0.05, 0.1) is 26.1 Å². The molecular formula is C28H39N9O16P2. The number of likely N-dealkylation sites (N-methyl/N-ethyl adjacent to an activating group) is 1. The number of aliphatic hydroxyl groups is 2. The van der Waals surface area contributed by atoms with Gasteiger partial charge in [-0.1, -0.05) is 6.08 Å². The van der Waals surface area contributed by atoms with Gasteiger partial charge in [-0.25, -0.2) is 33.7 Å². The highest BCUT2D eigenvalue weighted by Crippen LogP contribution is 2.50. The smallest absolute Gasteiger partial charge is 0.455 e. The van der Waals surface area contributed by atoms with Gasteiger partial charge in [-0.3, -0.25) is 27.5 Å². The molecule has 55 heavy (non-hydrogen) atoms. The molecule has 5 heterocycles. The highest BCUT2D eigenvalue weighted by molar-refractivity contribution is 7.47. The fourth-order valence-electron chi connectivity index (χ4n) is 5.75. The first-order valence-electron chi connectivity index (χ1n) is 16.2. The van der Waals surface area contributed by atoms with E-state index in [2.05, 4.69) is 31.0 Å². The van der Waals surface area contributed by atoms with Gasteiger partial charge in [0, 0.05) is 26.1 Å². The Balaban J connectivity index is 1.36. The standard InChI is InChI=1S/C28H39N9O16P2/c1-3-4-5-19(39)35(2)14(9-38)27(41)52-23-17(51-26(22(23)40)37-13-33-21-24(30)31-12-32-25(21)37)11-49-55(46,47)53-15-8-20(36-7-6-18(29)34-28(36)42)50-16(15)10-48-54(43,44)45/h3,6-7,12-17,20,22-23,26,38,40H,1,4-5,8-11H2,2H3,(H,46,47)(H2,29,34,42)(H2,30,31,32)(H2,43,44,45)/t14-,15+,16-,17?,20-,22?,23?,26?/m1/s1. The van der Waals surface area contributed by atoms with Crippen LogP contribution in [0.25, 0.3) is 11.2 Å². The van der Waals surface area contributed by atoms with Crippen molar-refractivity contribution in [3.8, 4) is 0 Å². The van der Waals surface area contributed by atoms with E-state index in [1.807, 2.05) is 0 Å². The Morgan fingerprint density at radius 2 is 1.85 bits per heavy atom. The number of hydrogen-bond acceptors (Lipinski definition) is 19. The molecule has 9 N–H and O–H groups in total. The van der Waals surface area contributed by atoms with Gasteiger partial charge in [0.15, 0.2) is 29.8 Å². The summed E-state index contributed by atoms with van der Waals surface area (Å²) in [5.74, 6) is -1.82. The van der Waals surface area contributed by atoms with Crippen molar-refractivity contribution in [1.29, 1.82) is 0 Å². The maximum atomic E-state index is 13.4. The number of ether oxygens (including phenoxy) is 3.